The zero-order valence-corrected chi connectivity index (χ0v) is 10.4. The smallest absolute Gasteiger partial charge is 0.187 e. The van der Waals surface area contributed by atoms with Crippen LogP contribution < -0.4 is 10.1 Å². The molecular formula is C13H19NO3. The molecule has 94 valence electrons. The molecule has 1 N–H and O–H groups in total. The van der Waals surface area contributed by atoms with Crippen LogP contribution >= 0.6 is 0 Å². The summed E-state index contributed by atoms with van der Waals surface area (Å²) >= 11 is 0. The van der Waals surface area contributed by atoms with Gasteiger partial charge < -0.3 is 19.5 Å². The Kier molecular flexibility index (Phi) is 4.36. The number of hydrogen-bond donors (Lipinski definition) is 1. The number of likely N-dealkylation sites (N-methyl/N-ethyl adjacent to an activating group) is 1. The van der Waals surface area contributed by atoms with Gasteiger partial charge in [-0.05, 0) is 37.7 Å². The van der Waals surface area contributed by atoms with Gasteiger partial charge in [0.15, 0.2) is 6.29 Å². The Morgan fingerprint density at radius 2 is 2.12 bits per heavy atom. The van der Waals surface area contributed by atoms with Gasteiger partial charge in [0, 0.05) is 5.56 Å². The highest BCUT2D eigenvalue weighted by atomic mass is 16.7. The molecule has 17 heavy (non-hydrogen) atoms. The molecule has 1 aliphatic rings. The van der Waals surface area contributed by atoms with E-state index in [1.165, 1.54) is 5.56 Å². The van der Waals surface area contributed by atoms with Crippen molar-refractivity contribution in [1.82, 2.24) is 5.32 Å². The first-order valence-corrected chi connectivity index (χ1v) is 5.89. The first-order valence-electron chi connectivity index (χ1n) is 5.89. The highest BCUT2D eigenvalue weighted by Gasteiger charge is 2.21. The summed E-state index contributed by atoms with van der Waals surface area (Å²) < 4.78 is 16.4. The van der Waals surface area contributed by atoms with E-state index in [4.69, 9.17) is 14.2 Å². The number of ether oxygens (including phenoxy) is 3. The Balaban J connectivity index is 2.15. The standard InChI is InChI=1S/C13H19NO3/c1-14-6-5-10-3-4-11(12(9-10)15-2)13-16-7-8-17-13/h3-4,9,13-14H,5-8H2,1-2H3. The summed E-state index contributed by atoms with van der Waals surface area (Å²) in [5.41, 5.74) is 2.22. The van der Waals surface area contributed by atoms with Gasteiger partial charge in [-0.1, -0.05) is 6.07 Å². The molecule has 1 heterocycles. The van der Waals surface area contributed by atoms with Crippen LogP contribution in [0.25, 0.3) is 0 Å². The van der Waals surface area contributed by atoms with Crippen LogP contribution in [0.2, 0.25) is 0 Å². The van der Waals surface area contributed by atoms with Crippen LogP contribution in [0.1, 0.15) is 17.4 Å². The molecule has 1 aromatic rings. The molecule has 1 aliphatic heterocycles. The first kappa shape index (κ1) is 12.4. The molecule has 1 aromatic carbocycles. The van der Waals surface area contributed by atoms with Crippen molar-refractivity contribution in [2.24, 2.45) is 0 Å². The van der Waals surface area contributed by atoms with Gasteiger partial charge in [0.2, 0.25) is 0 Å². The fraction of sp³-hybridized carbons (Fsp3) is 0.538. The zero-order valence-electron chi connectivity index (χ0n) is 10.4. The van der Waals surface area contributed by atoms with E-state index >= 15 is 0 Å². The summed E-state index contributed by atoms with van der Waals surface area (Å²) in [6.07, 6.45) is 0.711. The minimum absolute atomic E-state index is 0.275. The molecule has 0 aromatic heterocycles. The van der Waals surface area contributed by atoms with E-state index in [0.29, 0.717) is 13.2 Å². The molecule has 0 unspecified atom stereocenters. The Morgan fingerprint density at radius 3 is 2.76 bits per heavy atom. The van der Waals surface area contributed by atoms with Gasteiger partial charge >= 0.3 is 0 Å². The Bertz CT molecular complexity index is 362. The minimum atomic E-state index is -0.275. The maximum Gasteiger partial charge on any atom is 0.187 e. The molecule has 0 atom stereocenters. The van der Waals surface area contributed by atoms with Gasteiger partial charge in [-0.15, -0.1) is 0 Å². The maximum atomic E-state index is 5.49. The van der Waals surface area contributed by atoms with E-state index in [-0.39, 0.29) is 6.29 Å². The van der Waals surface area contributed by atoms with Gasteiger partial charge in [-0.25, -0.2) is 0 Å². The second-order valence-electron chi connectivity index (χ2n) is 4.00. The van der Waals surface area contributed by atoms with Gasteiger partial charge in [-0.3, -0.25) is 0 Å². The normalized spacial score (nSPS) is 16.4. The quantitative estimate of drug-likeness (QED) is 0.842. The predicted octanol–water partition coefficient (Wildman–Crippen LogP) is 1.50. The van der Waals surface area contributed by atoms with E-state index in [1.54, 1.807) is 7.11 Å². The summed E-state index contributed by atoms with van der Waals surface area (Å²) in [6, 6.07) is 6.18. The predicted molar refractivity (Wildman–Crippen MR) is 65.3 cm³/mol. The maximum absolute atomic E-state index is 5.49. The topological polar surface area (TPSA) is 39.7 Å². The Morgan fingerprint density at radius 1 is 1.35 bits per heavy atom. The van der Waals surface area contributed by atoms with Crippen LogP contribution in [0.4, 0.5) is 0 Å². The van der Waals surface area contributed by atoms with Crippen LogP contribution in [-0.2, 0) is 15.9 Å². The molecular weight excluding hydrogens is 218 g/mol. The average molecular weight is 237 g/mol. The Hall–Kier alpha value is -1.10. The lowest BCUT2D eigenvalue weighted by Crippen LogP contribution is -2.10. The van der Waals surface area contributed by atoms with Crippen molar-refractivity contribution < 1.29 is 14.2 Å². The van der Waals surface area contributed by atoms with Crippen molar-refractivity contribution in [2.45, 2.75) is 12.7 Å². The van der Waals surface area contributed by atoms with Gasteiger partial charge in [0.25, 0.3) is 0 Å². The molecule has 0 radical (unpaired) electrons. The molecule has 0 saturated carbocycles. The van der Waals surface area contributed by atoms with Crippen molar-refractivity contribution >= 4 is 0 Å². The fourth-order valence-corrected chi connectivity index (χ4v) is 1.91. The molecule has 0 bridgehead atoms. The SMILES string of the molecule is CNCCc1ccc(C2OCCO2)c(OC)c1. The third kappa shape index (κ3) is 2.97. The molecule has 2 rings (SSSR count). The lowest BCUT2D eigenvalue weighted by atomic mass is 10.1. The van der Waals surface area contributed by atoms with E-state index in [1.807, 2.05) is 13.1 Å². The monoisotopic (exact) mass is 237 g/mol. The third-order valence-electron chi connectivity index (χ3n) is 2.84. The molecule has 4 nitrogen and oxygen atoms in total. The molecule has 0 spiro atoms. The zero-order chi connectivity index (χ0) is 12.1. The van der Waals surface area contributed by atoms with Gasteiger partial charge in [0.1, 0.15) is 5.75 Å². The lowest BCUT2D eigenvalue weighted by Gasteiger charge is -2.15. The first-order chi connectivity index (χ1) is 8.35. The fourth-order valence-electron chi connectivity index (χ4n) is 1.91. The van der Waals surface area contributed by atoms with Crippen LogP contribution in [0, 0.1) is 0 Å². The third-order valence-corrected chi connectivity index (χ3v) is 2.84. The number of methoxy groups -OCH3 is 1. The molecule has 0 aliphatic carbocycles. The second-order valence-corrected chi connectivity index (χ2v) is 4.00. The summed E-state index contributed by atoms with van der Waals surface area (Å²) in [5.74, 6) is 0.838. The van der Waals surface area contributed by atoms with E-state index in [0.717, 1.165) is 24.3 Å². The van der Waals surface area contributed by atoms with Gasteiger partial charge in [-0.2, -0.15) is 0 Å². The largest absolute Gasteiger partial charge is 0.496 e. The van der Waals surface area contributed by atoms with E-state index < -0.39 is 0 Å². The van der Waals surface area contributed by atoms with Crippen molar-refractivity contribution in [3.8, 4) is 5.75 Å². The van der Waals surface area contributed by atoms with Crippen LogP contribution in [0.5, 0.6) is 5.75 Å². The lowest BCUT2D eigenvalue weighted by molar-refractivity contribution is -0.0454. The van der Waals surface area contributed by atoms with Gasteiger partial charge in [0.05, 0.1) is 20.3 Å². The number of benzene rings is 1. The summed E-state index contributed by atoms with van der Waals surface area (Å²) in [7, 11) is 3.63. The highest BCUT2D eigenvalue weighted by molar-refractivity contribution is 5.38. The molecule has 4 heteroatoms. The Labute approximate surface area is 102 Å². The van der Waals surface area contributed by atoms with Crippen LogP contribution in [0.3, 0.4) is 0 Å². The number of rotatable bonds is 5. The minimum Gasteiger partial charge on any atom is -0.496 e. The average Bonchev–Trinajstić information content (AvgIpc) is 2.89. The van der Waals surface area contributed by atoms with Crippen molar-refractivity contribution in [3.05, 3.63) is 29.3 Å². The molecule has 1 fully saturated rings. The number of nitrogens with one attached hydrogen (secondary N) is 1. The van der Waals surface area contributed by atoms with Crippen LogP contribution in [-0.4, -0.2) is 33.9 Å². The van der Waals surface area contributed by atoms with Crippen molar-refractivity contribution in [3.63, 3.8) is 0 Å². The molecule has 0 amide bonds. The summed E-state index contributed by atoms with van der Waals surface area (Å²) in [6.45, 7) is 2.25. The van der Waals surface area contributed by atoms with E-state index in [9.17, 15) is 0 Å². The summed E-state index contributed by atoms with van der Waals surface area (Å²) in [4.78, 5) is 0. The summed E-state index contributed by atoms with van der Waals surface area (Å²) in [5, 5.41) is 3.13. The van der Waals surface area contributed by atoms with Crippen LogP contribution in [0.15, 0.2) is 18.2 Å². The number of hydrogen-bond acceptors (Lipinski definition) is 4. The van der Waals surface area contributed by atoms with Crippen molar-refractivity contribution in [2.75, 3.05) is 33.9 Å². The highest BCUT2D eigenvalue weighted by Crippen LogP contribution is 2.31. The van der Waals surface area contributed by atoms with E-state index in [2.05, 4.69) is 17.4 Å². The van der Waals surface area contributed by atoms with Crippen molar-refractivity contribution in [1.29, 1.82) is 0 Å². The molecule has 1 saturated heterocycles. The second kappa shape index (κ2) is 6.00.